The van der Waals surface area contributed by atoms with Crippen LogP contribution in [-0.4, -0.2) is 23.8 Å². The van der Waals surface area contributed by atoms with Crippen molar-refractivity contribution in [1.29, 1.82) is 0 Å². The summed E-state index contributed by atoms with van der Waals surface area (Å²) in [5.74, 6) is 0.909. The van der Waals surface area contributed by atoms with Crippen LogP contribution in [0.1, 0.15) is 40.0 Å². The maximum Gasteiger partial charge on any atom is 0.329 e. The third kappa shape index (κ3) is 3.82. The molecule has 3 nitrogen and oxygen atoms in total. The molecular formula is C12H22O3. The number of carbonyl (C=O) groups is 1. The molecule has 0 bridgehead atoms. The lowest BCUT2D eigenvalue weighted by Crippen LogP contribution is -2.35. The molecule has 1 unspecified atom stereocenters. The van der Waals surface area contributed by atoms with E-state index in [2.05, 4.69) is 20.8 Å². The summed E-state index contributed by atoms with van der Waals surface area (Å²) in [5, 5.41) is 8.61. The molecule has 0 aromatic heterocycles. The van der Waals surface area contributed by atoms with Crippen LogP contribution in [0.25, 0.3) is 0 Å². The molecule has 0 saturated heterocycles. The van der Waals surface area contributed by atoms with Crippen molar-refractivity contribution in [3.05, 3.63) is 0 Å². The molecule has 1 aliphatic rings. The third-order valence-corrected chi connectivity index (χ3v) is 3.38. The van der Waals surface area contributed by atoms with Gasteiger partial charge in [-0.1, -0.05) is 27.2 Å². The Hall–Kier alpha value is -0.570. The zero-order valence-corrected chi connectivity index (χ0v) is 9.90. The van der Waals surface area contributed by atoms with E-state index in [1.165, 1.54) is 12.8 Å². The first kappa shape index (κ1) is 12.5. The van der Waals surface area contributed by atoms with E-state index in [0.717, 1.165) is 6.42 Å². The Balaban J connectivity index is 2.50. The Morgan fingerprint density at radius 2 is 2.13 bits per heavy atom. The van der Waals surface area contributed by atoms with Crippen LogP contribution < -0.4 is 0 Å². The van der Waals surface area contributed by atoms with E-state index in [-0.39, 0.29) is 12.7 Å². The van der Waals surface area contributed by atoms with Crippen LogP contribution >= 0.6 is 0 Å². The summed E-state index contributed by atoms with van der Waals surface area (Å²) in [6, 6.07) is 0. The lowest BCUT2D eigenvalue weighted by molar-refractivity contribution is -0.147. The van der Waals surface area contributed by atoms with Crippen molar-refractivity contribution < 1.29 is 14.6 Å². The van der Waals surface area contributed by atoms with Gasteiger partial charge in [-0.25, -0.2) is 4.79 Å². The summed E-state index contributed by atoms with van der Waals surface area (Å²) < 4.78 is 5.49. The molecule has 0 radical (unpaired) electrons. The normalized spacial score (nSPS) is 31.9. The first-order valence-electron chi connectivity index (χ1n) is 5.84. The molecule has 15 heavy (non-hydrogen) atoms. The van der Waals surface area contributed by atoms with Gasteiger partial charge in [0, 0.05) is 0 Å². The lowest BCUT2D eigenvalue weighted by Gasteiger charge is -2.36. The summed E-state index contributed by atoms with van der Waals surface area (Å²) >= 11 is 0. The Labute approximate surface area is 91.8 Å². The van der Waals surface area contributed by atoms with Crippen molar-refractivity contribution in [1.82, 2.24) is 0 Å². The van der Waals surface area contributed by atoms with Gasteiger partial charge >= 0.3 is 5.97 Å². The molecule has 3 heteroatoms. The van der Waals surface area contributed by atoms with Crippen LogP contribution in [0.15, 0.2) is 0 Å². The summed E-state index contributed by atoms with van der Waals surface area (Å²) in [7, 11) is 0. The largest absolute Gasteiger partial charge is 0.480 e. The van der Waals surface area contributed by atoms with Crippen LogP contribution in [0.3, 0.4) is 0 Å². The number of aliphatic carboxylic acids is 1. The Morgan fingerprint density at radius 3 is 2.67 bits per heavy atom. The predicted molar refractivity (Wildman–Crippen MR) is 58.7 cm³/mol. The minimum absolute atomic E-state index is 0.143. The molecular weight excluding hydrogens is 192 g/mol. The second kappa shape index (κ2) is 5.50. The van der Waals surface area contributed by atoms with Crippen molar-refractivity contribution in [3.8, 4) is 0 Å². The minimum atomic E-state index is -0.865. The Bertz CT molecular complexity index is 213. The fraction of sp³-hybridized carbons (Fsp3) is 0.917. The molecule has 1 saturated carbocycles. The monoisotopic (exact) mass is 214 g/mol. The summed E-state index contributed by atoms with van der Waals surface area (Å²) in [6.45, 7) is 6.45. The van der Waals surface area contributed by atoms with Crippen LogP contribution in [0.4, 0.5) is 0 Å². The van der Waals surface area contributed by atoms with E-state index in [1.54, 1.807) is 0 Å². The molecule has 1 rings (SSSR count). The fourth-order valence-electron chi connectivity index (χ4n) is 2.48. The first-order chi connectivity index (χ1) is 7.00. The van der Waals surface area contributed by atoms with Crippen molar-refractivity contribution >= 4 is 5.97 Å². The highest BCUT2D eigenvalue weighted by atomic mass is 16.5. The van der Waals surface area contributed by atoms with Gasteiger partial charge in [0.2, 0.25) is 0 Å². The quantitative estimate of drug-likeness (QED) is 0.782. The lowest BCUT2D eigenvalue weighted by atomic mass is 9.75. The van der Waals surface area contributed by atoms with Crippen LogP contribution in [0.5, 0.6) is 0 Å². The van der Waals surface area contributed by atoms with Gasteiger partial charge in [0.05, 0.1) is 6.10 Å². The topological polar surface area (TPSA) is 46.5 Å². The average Bonchev–Trinajstić information content (AvgIpc) is 2.14. The highest BCUT2D eigenvalue weighted by Crippen LogP contribution is 2.35. The number of carboxylic acids is 1. The van der Waals surface area contributed by atoms with Gasteiger partial charge < -0.3 is 9.84 Å². The second-order valence-corrected chi connectivity index (χ2v) is 5.07. The Morgan fingerprint density at radius 1 is 1.47 bits per heavy atom. The van der Waals surface area contributed by atoms with Gasteiger partial charge in [-0.3, -0.25) is 0 Å². The smallest absolute Gasteiger partial charge is 0.329 e. The fourth-order valence-corrected chi connectivity index (χ4v) is 2.48. The van der Waals surface area contributed by atoms with Gasteiger partial charge in [-0.15, -0.1) is 0 Å². The first-order valence-corrected chi connectivity index (χ1v) is 5.84. The molecule has 1 aliphatic carbocycles. The minimum Gasteiger partial charge on any atom is -0.480 e. The molecule has 88 valence electrons. The van der Waals surface area contributed by atoms with E-state index in [9.17, 15) is 4.79 Å². The third-order valence-electron chi connectivity index (χ3n) is 3.38. The zero-order valence-electron chi connectivity index (χ0n) is 9.90. The number of hydrogen-bond donors (Lipinski definition) is 1. The van der Waals surface area contributed by atoms with Crippen LogP contribution in [0, 0.1) is 17.8 Å². The van der Waals surface area contributed by atoms with E-state index in [1.807, 2.05) is 0 Å². The molecule has 1 N–H and O–H groups in total. The molecule has 0 heterocycles. The second-order valence-electron chi connectivity index (χ2n) is 5.07. The highest BCUT2D eigenvalue weighted by Gasteiger charge is 2.31. The summed E-state index contributed by atoms with van der Waals surface area (Å²) in [5.41, 5.74) is 0. The number of ether oxygens (including phenoxy) is 1. The van der Waals surface area contributed by atoms with Crippen molar-refractivity contribution in [2.75, 3.05) is 6.61 Å². The van der Waals surface area contributed by atoms with Crippen LogP contribution in [-0.2, 0) is 9.53 Å². The molecule has 0 amide bonds. The van der Waals surface area contributed by atoms with Crippen LogP contribution in [0.2, 0.25) is 0 Å². The SMILES string of the molecule is CC(C)C1CC[C@@H](C)C[C@H]1OCC(=O)O. The molecule has 1 fully saturated rings. The number of carboxylic acid groups (broad SMARTS) is 1. The van der Waals surface area contributed by atoms with E-state index in [0.29, 0.717) is 17.8 Å². The van der Waals surface area contributed by atoms with Crippen molar-refractivity contribution in [3.63, 3.8) is 0 Å². The van der Waals surface area contributed by atoms with E-state index >= 15 is 0 Å². The van der Waals surface area contributed by atoms with Gasteiger partial charge in [-0.05, 0) is 30.6 Å². The standard InChI is InChI=1S/C12H22O3/c1-8(2)10-5-4-9(3)6-11(10)15-7-12(13)14/h8-11H,4-7H2,1-3H3,(H,13,14)/t9-,10?,11-/m1/s1. The van der Waals surface area contributed by atoms with Crippen molar-refractivity contribution in [2.45, 2.75) is 46.1 Å². The Kier molecular flexibility index (Phi) is 4.58. The maximum atomic E-state index is 10.5. The number of rotatable bonds is 4. The van der Waals surface area contributed by atoms with Crippen molar-refractivity contribution in [2.24, 2.45) is 17.8 Å². The molecule has 0 aromatic carbocycles. The maximum absolute atomic E-state index is 10.5. The molecule has 0 aliphatic heterocycles. The van der Waals surface area contributed by atoms with E-state index < -0.39 is 5.97 Å². The molecule has 0 aromatic rings. The summed E-state index contributed by atoms with van der Waals surface area (Å²) in [6.07, 6.45) is 3.57. The van der Waals surface area contributed by atoms with Gasteiger partial charge in [0.25, 0.3) is 0 Å². The van der Waals surface area contributed by atoms with E-state index in [4.69, 9.17) is 9.84 Å². The molecule has 0 spiro atoms. The highest BCUT2D eigenvalue weighted by molar-refractivity contribution is 5.68. The van der Waals surface area contributed by atoms with Gasteiger partial charge in [0.1, 0.15) is 6.61 Å². The van der Waals surface area contributed by atoms with Gasteiger partial charge in [0.15, 0.2) is 0 Å². The zero-order chi connectivity index (χ0) is 11.4. The average molecular weight is 214 g/mol. The van der Waals surface area contributed by atoms with Gasteiger partial charge in [-0.2, -0.15) is 0 Å². The summed E-state index contributed by atoms with van der Waals surface area (Å²) in [4.78, 5) is 10.5. The predicted octanol–water partition coefficient (Wildman–Crippen LogP) is 2.55. The molecule has 3 atom stereocenters. The number of hydrogen-bond acceptors (Lipinski definition) is 2.